The quantitative estimate of drug-likeness (QED) is 0.472. The molecule has 0 saturated carbocycles. The Labute approximate surface area is 95.4 Å². The highest BCUT2D eigenvalue weighted by Gasteiger charge is 2.28. The van der Waals surface area contributed by atoms with Crippen molar-refractivity contribution < 1.29 is 4.43 Å². The lowest BCUT2D eigenvalue weighted by atomic mass is 10.2. The first kappa shape index (κ1) is 12.6. The Hall–Kier alpha value is -0.503. The van der Waals surface area contributed by atoms with Crippen LogP contribution in [0.3, 0.4) is 0 Å². The Balaban J connectivity index is 2.45. The van der Waals surface area contributed by atoms with Gasteiger partial charge in [0.05, 0.1) is 6.26 Å². The van der Waals surface area contributed by atoms with Crippen LogP contribution in [-0.2, 0) is 4.43 Å². The molecular weight excluding hydrogens is 200 g/mol. The number of rotatable bonds is 6. The summed E-state index contributed by atoms with van der Waals surface area (Å²) in [5.74, 6) is 0. The van der Waals surface area contributed by atoms with Crippen LogP contribution in [0.2, 0.25) is 18.1 Å². The van der Waals surface area contributed by atoms with Crippen molar-refractivity contribution in [2.24, 2.45) is 0 Å². The van der Waals surface area contributed by atoms with Crippen LogP contribution in [0.1, 0.15) is 40.0 Å². The molecule has 0 bridgehead atoms. The highest BCUT2D eigenvalue weighted by atomic mass is 28.4. The molecule has 2 heteroatoms. The summed E-state index contributed by atoms with van der Waals surface area (Å²) in [5, 5.41) is 0. The van der Waals surface area contributed by atoms with Gasteiger partial charge in [0.2, 0.25) is 8.32 Å². The molecule has 86 valence electrons. The van der Waals surface area contributed by atoms with Crippen molar-refractivity contribution >= 4 is 8.32 Å². The van der Waals surface area contributed by atoms with Gasteiger partial charge in [-0.15, -0.1) is 0 Å². The van der Waals surface area contributed by atoms with Crippen LogP contribution >= 0.6 is 0 Å². The van der Waals surface area contributed by atoms with Gasteiger partial charge in [-0.25, -0.2) is 0 Å². The van der Waals surface area contributed by atoms with Gasteiger partial charge in [0.1, 0.15) is 0 Å². The van der Waals surface area contributed by atoms with Gasteiger partial charge in [0.15, 0.2) is 0 Å². The summed E-state index contributed by atoms with van der Waals surface area (Å²) >= 11 is 0. The van der Waals surface area contributed by atoms with Crippen molar-refractivity contribution in [3.05, 3.63) is 24.0 Å². The summed E-state index contributed by atoms with van der Waals surface area (Å²) in [6.45, 7) is 6.80. The summed E-state index contributed by atoms with van der Waals surface area (Å²) in [4.78, 5) is 0. The minimum Gasteiger partial charge on any atom is -0.549 e. The largest absolute Gasteiger partial charge is 0.549 e. The van der Waals surface area contributed by atoms with Crippen molar-refractivity contribution in [2.75, 3.05) is 0 Å². The number of allylic oxidation sites excluding steroid dienone is 3. The monoisotopic (exact) mass is 224 g/mol. The normalized spacial score (nSPS) is 17.1. The molecule has 1 aliphatic carbocycles. The molecule has 1 rings (SSSR count). The van der Waals surface area contributed by atoms with Gasteiger partial charge in [-0.05, 0) is 49.0 Å². The van der Waals surface area contributed by atoms with E-state index in [0.29, 0.717) is 0 Å². The third-order valence-electron chi connectivity index (χ3n) is 3.61. The van der Waals surface area contributed by atoms with Crippen LogP contribution in [-0.4, -0.2) is 8.32 Å². The minimum atomic E-state index is -1.40. The van der Waals surface area contributed by atoms with Crippen LogP contribution in [0.15, 0.2) is 24.0 Å². The van der Waals surface area contributed by atoms with Crippen LogP contribution < -0.4 is 0 Å². The van der Waals surface area contributed by atoms with E-state index in [0.717, 1.165) is 0 Å². The third kappa shape index (κ3) is 3.52. The molecule has 0 aromatic heterocycles. The summed E-state index contributed by atoms with van der Waals surface area (Å²) in [6, 6.07) is 3.68. The third-order valence-corrected chi connectivity index (χ3v) is 8.11. The van der Waals surface area contributed by atoms with Crippen molar-refractivity contribution in [1.82, 2.24) is 0 Å². The second kappa shape index (κ2) is 6.16. The molecule has 0 aromatic rings. The molecule has 0 fully saturated rings. The molecule has 0 unspecified atom stereocenters. The van der Waals surface area contributed by atoms with E-state index in [9.17, 15) is 0 Å². The number of hydrogen-bond acceptors (Lipinski definition) is 1. The molecule has 0 radical (unpaired) electrons. The van der Waals surface area contributed by atoms with E-state index >= 15 is 0 Å². The summed E-state index contributed by atoms with van der Waals surface area (Å²) in [7, 11) is -1.40. The Bertz CT molecular complexity index is 231. The minimum absolute atomic E-state index is 1.23. The fourth-order valence-corrected chi connectivity index (χ4v) is 4.47. The molecule has 0 saturated heterocycles. The van der Waals surface area contributed by atoms with Gasteiger partial charge in [0.25, 0.3) is 0 Å². The van der Waals surface area contributed by atoms with Gasteiger partial charge in [-0.1, -0.05) is 26.8 Å². The molecule has 0 aliphatic heterocycles. The molecule has 0 atom stereocenters. The first-order valence-corrected chi connectivity index (χ1v) is 8.82. The summed E-state index contributed by atoms with van der Waals surface area (Å²) < 4.78 is 6.06. The maximum absolute atomic E-state index is 6.06. The van der Waals surface area contributed by atoms with Crippen molar-refractivity contribution in [2.45, 2.75) is 58.2 Å². The van der Waals surface area contributed by atoms with Crippen LogP contribution in [0.25, 0.3) is 0 Å². The topological polar surface area (TPSA) is 9.23 Å². The Morgan fingerprint density at radius 3 is 2.40 bits per heavy atom. The molecule has 0 N–H and O–H groups in total. The average molecular weight is 224 g/mol. The summed E-state index contributed by atoms with van der Waals surface area (Å²) in [6.07, 6.45) is 10.3. The molecule has 0 heterocycles. The Morgan fingerprint density at radius 2 is 1.93 bits per heavy atom. The average Bonchev–Trinajstić information content (AvgIpc) is 2.78. The molecule has 15 heavy (non-hydrogen) atoms. The van der Waals surface area contributed by atoms with E-state index in [1.165, 1.54) is 43.0 Å². The zero-order valence-electron chi connectivity index (χ0n) is 10.4. The standard InChI is InChI=1S/C13H24OSi/c1-4-15(5-2,6-3)14-12-11-13-9-7-8-10-13/h9,11-12H,4-8,10H2,1-3H3. The lowest BCUT2D eigenvalue weighted by molar-refractivity contribution is 0.457. The van der Waals surface area contributed by atoms with E-state index in [2.05, 4.69) is 32.9 Å². The van der Waals surface area contributed by atoms with Gasteiger partial charge >= 0.3 is 0 Å². The van der Waals surface area contributed by atoms with Crippen molar-refractivity contribution in [3.63, 3.8) is 0 Å². The van der Waals surface area contributed by atoms with Gasteiger partial charge in [-0.2, -0.15) is 0 Å². The van der Waals surface area contributed by atoms with E-state index in [1.54, 1.807) is 0 Å². The summed E-state index contributed by atoms with van der Waals surface area (Å²) in [5.41, 5.74) is 1.46. The second-order valence-corrected chi connectivity index (χ2v) is 9.06. The van der Waals surface area contributed by atoms with Gasteiger partial charge in [0, 0.05) is 0 Å². The lowest BCUT2D eigenvalue weighted by Crippen LogP contribution is -2.33. The Kier molecular flexibility index (Phi) is 5.16. The maximum atomic E-state index is 6.06. The van der Waals surface area contributed by atoms with E-state index < -0.39 is 8.32 Å². The predicted molar refractivity (Wildman–Crippen MR) is 69.4 cm³/mol. The van der Waals surface area contributed by atoms with Crippen molar-refractivity contribution in [3.8, 4) is 0 Å². The smallest absolute Gasteiger partial charge is 0.249 e. The zero-order valence-corrected chi connectivity index (χ0v) is 11.4. The van der Waals surface area contributed by atoms with Crippen LogP contribution in [0.4, 0.5) is 0 Å². The lowest BCUT2D eigenvalue weighted by Gasteiger charge is -2.26. The van der Waals surface area contributed by atoms with Crippen LogP contribution in [0, 0.1) is 0 Å². The fourth-order valence-electron chi connectivity index (χ4n) is 2.11. The first-order chi connectivity index (χ1) is 7.26. The molecule has 1 aliphatic rings. The Morgan fingerprint density at radius 1 is 1.27 bits per heavy atom. The maximum Gasteiger partial charge on any atom is 0.249 e. The SMILES string of the molecule is CC[Si](CC)(CC)OC=CC1=CCCC1. The molecule has 1 nitrogen and oxygen atoms in total. The van der Waals surface area contributed by atoms with Crippen molar-refractivity contribution in [1.29, 1.82) is 0 Å². The van der Waals surface area contributed by atoms with Crippen LogP contribution in [0.5, 0.6) is 0 Å². The second-order valence-electron chi connectivity index (χ2n) is 4.34. The zero-order chi connectivity index (χ0) is 11.1. The fraction of sp³-hybridized carbons (Fsp3) is 0.692. The van der Waals surface area contributed by atoms with E-state index in [4.69, 9.17) is 4.43 Å². The molecule has 0 spiro atoms. The van der Waals surface area contributed by atoms with E-state index in [1.807, 2.05) is 6.26 Å². The molecule has 0 amide bonds. The predicted octanol–water partition coefficient (Wildman–Crippen LogP) is 4.63. The first-order valence-electron chi connectivity index (χ1n) is 6.29. The highest BCUT2D eigenvalue weighted by molar-refractivity contribution is 6.73. The molecule has 0 aromatic carbocycles. The number of hydrogen-bond donors (Lipinski definition) is 0. The molecular formula is C13H24OSi. The van der Waals surface area contributed by atoms with Gasteiger partial charge in [-0.3, -0.25) is 0 Å². The highest BCUT2D eigenvalue weighted by Crippen LogP contribution is 2.23. The van der Waals surface area contributed by atoms with Gasteiger partial charge < -0.3 is 4.43 Å². The van der Waals surface area contributed by atoms with E-state index in [-0.39, 0.29) is 0 Å².